The van der Waals surface area contributed by atoms with Gasteiger partial charge in [0.15, 0.2) is 20.0 Å². The number of hydrogen-bond donors (Lipinski definition) is 0. The smallest absolute Gasteiger partial charge is 0.320 e. The molecule has 1 saturated carbocycles. The predicted octanol–water partition coefficient (Wildman–Crippen LogP) is 1.96. The van der Waals surface area contributed by atoms with E-state index in [0.717, 1.165) is 6.42 Å². The zero-order valence-corrected chi connectivity index (χ0v) is 16.1. The number of carbonyl (C=O) groups is 1. The van der Waals surface area contributed by atoms with E-state index in [9.17, 15) is 13.2 Å². The van der Waals surface area contributed by atoms with Crippen LogP contribution >= 0.6 is 0 Å². The number of esters is 1. The molecular formula is C21H20O6S. The van der Waals surface area contributed by atoms with Crippen LogP contribution in [0.15, 0.2) is 59.5 Å². The molecule has 0 radical (unpaired) electrons. The quantitative estimate of drug-likeness (QED) is 0.570. The van der Waals surface area contributed by atoms with Gasteiger partial charge in [-0.05, 0) is 31.4 Å². The Morgan fingerprint density at radius 2 is 1.61 bits per heavy atom. The Hall–Kier alpha value is -1.96. The van der Waals surface area contributed by atoms with Crippen LogP contribution in [0, 0.1) is 5.41 Å². The molecule has 146 valence electrons. The monoisotopic (exact) mass is 400 g/mol. The van der Waals surface area contributed by atoms with Crippen LogP contribution in [0.2, 0.25) is 0 Å². The molecule has 0 aromatic heterocycles. The van der Waals surface area contributed by atoms with E-state index >= 15 is 0 Å². The van der Waals surface area contributed by atoms with Gasteiger partial charge in [0.05, 0.1) is 12.0 Å². The van der Waals surface area contributed by atoms with Crippen molar-refractivity contribution in [2.75, 3.05) is 7.11 Å². The molecule has 2 spiro atoms. The van der Waals surface area contributed by atoms with Gasteiger partial charge in [-0.15, -0.1) is 0 Å². The predicted molar refractivity (Wildman–Crippen MR) is 98.1 cm³/mol. The van der Waals surface area contributed by atoms with E-state index in [0.29, 0.717) is 12.8 Å². The third-order valence-electron chi connectivity index (χ3n) is 7.54. The maximum Gasteiger partial charge on any atom is 0.320 e. The molecule has 1 aliphatic carbocycles. The number of fused-ring (bicyclic) bond motifs is 4. The van der Waals surface area contributed by atoms with Crippen LogP contribution in [0.3, 0.4) is 0 Å². The molecule has 1 aromatic carbocycles. The van der Waals surface area contributed by atoms with Crippen molar-refractivity contribution in [1.29, 1.82) is 0 Å². The van der Waals surface area contributed by atoms with E-state index in [1.165, 1.54) is 7.11 Å². The first kappa shape index (κ1) is 16.9. The van der Waals surface area contributed by atoms with Gasteiger partial charge in [-0.3, -0.25) is 4.79 Å². The van der Waals surface area contributed by atoms with Crippen molar-refractivity contribution in [2.24, 2.45) is 5.41 Å². The Morgan fingerprint density at radius 1 is 1.04 bits per heavy atom. The van der Waals surface area contributed by atoms with Gasteiger partial charge in [0.1, 0.15) is 23.4 Å². The molecule has 28 heavy (non-hydrogen) atoms. The van der Waals surface area contributed by atoms with E-state index < -0.39 is 49.4 Å². The highest BCUT2D eigenvalue weighted by molar-refractivity contribution is 7.93. The van der Waals surface area contributed by atoms with Crippen molar-refractivity contribution in [2.45, 2.75) is 52.3 Å². The molecule has 1 aromatic rings. The summed E-state index contributed by atoms with van der Waals surface area (Å²) >= 11 is 0. The Morgan fingerprint density at radius 3 is 2.14 bits per heavy atom. The molecule has 4 aliphatic heterocycles. The first-order valence-electron chi connectivity index (χ1n) is 9.54. The lowest BCUT2D eigenvalue weighted by atomic mass is 9.48. The second-order valence-corrected chi connectivity index (χ2v) is 10.4. The van der Waals surface area contributed by atoms with Gasteiger partial charge >= 0.3 is 5.97 Å². The normalized spacial score (nSPS) is 46.8. The highest BCUT2D eigenvalue weighted by Crippen LogP contribution is 2.78. The summed E-state index contributed by atoms with van der Waals surface area (Å²) in [5.74, 6) is -0.564. The van der Waals surface area contributed by atoms with E-state index in [4.69, 9.17) is 14.2 Å². The molecule has 4 bridgehead atoms. The minimum absolute atomic E-state index is 0.170. The summed E-state index contributed by atoms with van der Waals surface area (Å²) in [6.07, 6.45) is 7.72. The van der Waals surface area contributed by atoms with E-state index in [1.807, 2.05) is 12.2 Å². The molecule has 7 heteroatoms. The maximum absolute atomic E-state index is 14.2. The number of carbonyl (C=O) groups excluding carboxylic acids is 1. The summed E-state index contributed by atoms with van der Waals surface area (Å²) in [5.41, 5.74) is -3.54. The zero-order valence-electron chi connectivity index (χ0n) is 15.3. The van der Waals surface area contributed by atoms with Gasteiger partial charge in [-0.25, -0.2) is 8.42 Å². The lowest BCUT2D eigenvalue weighted by Gasteiger charge is -2.55. The van der Waals surface area contributed by atoms with E-state index in [1.54, 1.807) is 42.5 Å². The van der Waals surface area contributed by atoms with E-state index in [-0.39, 0.29) is 4.90 Å². The van der Waals surface area contributed by atoms with Gasteiger partial charge < -0.3 is 14.2 Å². The summed E-state index contributed by atoms with van der Waals surface area (Å²) in [5, 5.41) is 0. The largest absolute Gasteiger partial charge is 0.468 e. The number of rotatable bonds is 3. The molecule has 5 aliphatic rings. The van der Waals surface area contributed by atoms with E-state index in [2.05, 4.69) is 0 Å². The van der Waals surface area contributed by atoms with Gasteiger partial charge in [-0.2, -0.15) is 0 Å². The molecule has 0 N–H and O–H groups in total. The van der Waals surface area contributed by atoms with Crippen LogP contribution in [-0.2, 0) is 28.8 Å². The van der Waals surface area contributed by atoms with Crippen LogP contribution < -0.4 is 0 Å². The van der Waals surface area contributed by atoms with Gasteiger partial charge in [0, 0.05) is 0 Å². The molecular weight excluding hydrogens is 380 g/mol. The van der Waals surface area contributed by atoms with Crippen molar-refractivity contribution < 1.29 is 27.4 Å². The Kier molecular flexibility index (Phi) is 2.89. The van der Waals surface area contributed by atoms with Gasteiger partial charge in [0.25, 0.3) is 0 Å². The summed E-state index contributed by atoms with van der Waals surface area (Å²) < 4.78 is 45.0. The summed E-state index contributed by atoms with van der Waals surface area (Å²) in [4.78, 5) is 13.7. The van der Waals surface area contributed by atoms with Crippen molar-refractivity contribution in [3.05, 3.63) is 54.6 Å². The highest BCUT2D eigenvalue weighted by atomic mass is 32.2. The van der Waals surface area contributed by atoms with Gasteiger partial charge in [-0.1, -0.05) is 42.5 Å². The third-order valence-corrected chi connectivity index (χ3v) is 10.1. The first-order valence-corrected chi connectivity index (χ1v) is 11.0. The lowest BCUT2D eigenvalue weighted by molar-refractivity contribution is -0.187. The molecule has 4 heterocycles. The summed E-state index contributed by atoms with van der Waals surface area (Å²) in [7, 11) is -2.71. The number of sulfone groups is 1. The third kappa shape index (κ3) is 1.33. The second-order valence-electron chi connectivity index (χ2n) is 8.28. The number of ether oxygens (including phenoxy) is 3. The van der Waals surface area contributed by atoms with Crippen molar-refractivity contribution in [1.82, 2.24) is 0 Å². The second kappa shape index (κ2) is 4.78. The Labute approximate surface area is 163 Å². The minimum Gasteiger partial charge on any atom is -0.468 e. The summed E-state index contributed by atoms with van der Waals surface area (Å²) in [6.45, 7) is 0. The molecule has 6 nitrogen and oxygen atoms in total. The molecule has 0 amide bonds. The Bertz CT molecular complexity index is 1020. The molecule has 6 rings (SSSR count). The van der Waals surface area contributed by atoms with Crippen molar-refractivity contribution >= 4 is 15.8 Å². The molecule has 6 atom stereocenters. The van der Waals surface area contributed by atoms with Crippen LogP contribution in [0.5, 0.6) is 0 Å². The molecule has 2 unspecified atom stereocenters. The van der Waals surface area contributed by atoms with Crippen molar-refractivity contribution in [3.8, 4) is 0 Å². The summed E-state index contributed by atoms with van der Waals surface area (Å²) in [6, 6.07) is 8.29. The zero-order chi connectivity index (χ0) is 19.4. The maximum atomic E-state index is 14.2. The topological polar surface area (TPSA) is 78.9 Å². The van der Waals surface area contributed by atoms with Crippen LogP contribution in [0.1, 0.15) is 19.3 Å². The van der Waals surface area contributed by atoms with Crippen LogP contribution in [0.25, 0.3) is 0 Å². The molecule has 3 fully saturated rings. The van der Waals surface area contributed by atoms with Crippen LogP contribution in [0.4, 0.5) is 0 Å². The standard InChI is InChI=1S/C21H20O6S/c1-25-17(22)21-18-10-5-11-19(21)13-9-16(27-19)20(21,15(26-18)8-12-18)28(23,24)14-6-3-2-4-7-14/h2-4,6-9,12-13,15-16H,5,10-11H2,1H3/t15-,16+,18+,19-,20?,21?. The Balaban J connectivity index is 1.76. The SMILES string of the molecule is COC(=O)C12C3(S(=O)(=O)c4ccccc4)[C@@H]4C=C[C@@]1(CCC[C@]21C=C[C@H]3O1)O4. The first-order chi connectivity index (χ1) is 13.4. The fourth-order valence-corrected chi connectivity index (χ4v) is 9.43. The fraction of sp³-hybridized carbons (Fsp3) is 0.476. The average Bonchev–Trinajstić information content (AvgIpc) is 3.44. The highest BCUT2D eigenvalue weighted by Gasteiger charge is 2.95. The average molecular weight is 400 g/mol. The number of methoxy groups -OCH3 is 1. The van der Waals surface area contributed by atoms with Gasteiger partial charge in [0.2, 0.25) is 0 Å². The van der Waals surface area contributed by atoms with Crippen LogP contribution in [-0.4, -0.2) is 49.7 Å². The number of hydrogen-bond acceptors (Lipinski definition) is 6. The van der Waals surface area contributed by atoms with Crippen molar-refractivity contribution in [3.63, 3.8) is 0 Å². The lowest BCUT2D eigenvalue weighted by Crippen LogP contribution is -2.74. The minimum atomic E-state index is -4.02. The fourth-order valence-electron chi connectivity index (χ4n) is 6.83. The molecule has 2 saturated heterocycles. The number of benzene rings is 1.